The molecule has 1 N–H and O–H groups in total. The van der Waals surface area contributed by atoms with Crippen LogP contribution in [0, 0.1) is 5.41 Å². The summed E-state index contributed by atoms with van der Waals surface area (Å²) < 4.78 is 35.5. The number of likely N-dealkylation sites (tertiary alicyclic amines) is 1. The molecule has 1 aromatic carbocycles. The fourth-order valence-corrected chi connectivity index (χ4v) is 4.93. The number of nitrogens with one attached hydrogen (secondary N) is 1. The molecule has 27 heavy (non-hydrogen) atoms. The Morgan fingerprint density at radius 1 is 1.26 bits per heavy atom. The highest BCUT2D eigenvalue weighted by Gasteiger charge is 2.40. The van der Waals surface area contributed by atoms with Crippen molar-refractivity contribution in [3.63, 3.8) is 0 Å². The van der Waals surface area contributed by atoms with Crippen LogP contribution in [0.5, 0.6) is 5.75 Å². The van der Waals surface area contributed by atoms with Gasteiger partial charge in [-0.2, -0.15) is 0 Å². The van der Waals surface area contributed by atoms with Crippen LogP contribution in [0.2, 0.25) is 0 Å². The first-order chi connectivity index (χ1) is 12.9. The van der Waals surface area contributed by atoms with E-state index >= 15 is 0 Å². The van der Waals surface area contributed by atoms with Crippen LogP contribution in [-0.4, -0.2) is 55.0 Å². The Balaban J connectivity index is 1.50. The molecule has 0 aliphatic carbocycles. The molecule has 1 fully saturated rings. The number of piperidine rings is 1. The van der Waals surface area contributed by atoms with Crippen LogP contribution in [0.15, 0.2) is 41.7 Å². The number of hydrogen-bond donors (Lipinski definition) is 1. The Morgan fingerprint density at radius 3 is 2.70 bits per heavy atom. The highest BCUT2D eigenvalue weighted by Crippen LogP contribution is 2.36. The van der Waals surface area contributed by atoms with Gasteiger partial charge >= 0.3 is 0 Å². The Kier molecular flexibility index (Phi) is 4.43. The lowest BCUT2D eigenvalue weighted by molar-refractivity contribution is 0.0414. The largest absolute Gasteiger partial charge is 0.492 e. The number of hydrogen-bond acceptors (Lipinski definition) is 5. The van der Waals surface area contributed by atoms with Gasteiger partial charge in [-0.15, -0.1) is 0 Å². The molecule has 144 valence electrons. The highest BCUT2D eigenvalue weighted by atomic mass is 32.2. The van der Waals surface area contributed by atoms with Gasteiger partial charge in [0.15, 0.2) is 0 Å². The van der Waals surface area contributed by atoms with Crippen LogP contribution >= 0.6 is 0 Å². The molecule has 0 radical (unpaired) electrons. The Bertz CT molecular complexity index is 961. The lowest BCUT2D eigenvalue weighted by Crippen LogP contribution is -2.51. The predicted octanol–water partition coefficient (Wildman–Crippen LogP) is 1.01. The molecule has 8 nitrogen and oxygen atoms in total. The molecule has 1 amide bonds. The molecule has 0 saturated carbocycles. The molecule has 0 atom stereocenters. The summed E-state index contributed by atoms with van der Waals surface area (Å²) in [7, 11) is -1.82. The van der Waals surface area contributed by atoms with Crippen LogP contribution in [0.3, 0.4) is 0 Å². The van der Waals surface area contributed by atoms with Crippen molar-refractivity contribution < 1.29 is 17.9 Å². The third-order valence-electron chi connectivity index (χ3n) is 5.46. The number of fused-ring (bicyclic) bond motifs is 1. The number of aromatic nitrogens is 2. The zero-order chi connectivity index (χ0) is 19.1. The van der Waals surface area contributed by atoms with E-state index in [1.807, 2.05) is 0 Å². The van der Waals surface area contributed by atoms with Crippen LogP contribution in [0.1, 0.15) is 23.3 Å². The van der Waals surface area contributed by atoms with Crippen molar-refractivity contribution in [2.75, 3.05) is 26.2 Å². The van der Waals surface area contributed by atoms with Crippen LogP contribution in [0.25, 0.3) is 0 Å². The first kappa shape index (κ1) is 18.0. The Labute approximate surface area is 158 Å². The molecular weight excluding hydrogens is 368 g/mol. The number of amides is 1. The molecule has 0 unspecified atom stereocenters. The van der Waals surface area contributed by atoms with Gasteiger partial charge in [0, 0.05) is 32.1 Å². The molecule has 2 aliphatic rings. The van der Waals surface area contributed by atoms with E-state index in [0.717, 1.165) is 0 Å². The van der Waals surface area contributed by atoms with Crippen molar-refractivity contribution in [1.82, 2.24) is 19.2 Å². The Hall–Kier alpha value is -2.39. The summed E-state index contributed by atoms with van der Waals surface area (Å²) in [6, 6.07) is 6.67. The second-order valence-corrected chi connectivity index (χ2v) is 8.98. The standard InChI is InChI=1S/C18H22N4O4S/c1-21-13-19-10-14(21)17(23)22-8-6-18(7-9-22)11-20-27(24,25)16-5-3-2-4-15(16)26-12-18/h2-5,10,13,20H,6-9,11-12H2,1H3. The third-order valence-corrected chi connectivity index (χ3v) is 6.90. The molecule has 0 bridgehead atoms. The van der Waals surface area contributed by atoms with Gasteiger partial charge in [-0.1, -0.05) is 12.1 Å². The van der Waals surface area contributed by atoms with E-state index in [0.29, 0.717) is 50.5 Å². The summed E-state index contributed by atoms with van der Waals surface area (Å²) in [6.45, 7) is 1.82. The smallest absolute Gasteiger partial charge is 0.272 e. The number of rotatable bonds is 1. The summed E-state index contributed by atoms with van der Waals surface area (Å²) in [6.07, 6.45) is 4.51. The second kappa shape index (κ2) is 6.65. The summed E-state index contributed by atoms with van der Waals surface area (Å²) in [5, 5.41) is 0. The van der Waals surface area contributed by atoms with Crippen molar-refractivity contribution in [1.29, 1.82) is 0 Å². The fourth-order valence-electron chi connectivity index (χ4n) is 3.63. The van der Waals surface area contributed by atoms with Crippen molar-refractivity contribution in [3.8, 4) is 5.75 Å². The SMILES string of the molecule is Cn1cncc1C(=O)N1CCC2(CC1)CNS(=O)(=O)c1ccccc1OC2. The zero-order valence-corrected chi connectivity index (χ0v) is 15.9. The molecule has 3 heterocycles. The first-order valence-corrected chi connectivity index (χ1v) is 10.4. The molecule has 2 aliphatic heterocycles. The van der Waals surface area contributed by atoms with Crippen LogP contribution < -0.4 is 9.46 Å². The minimum atomic E-state index is -3.62. The number of aryl methyl sites for hydroxylation is 1. The molecule has 2 aromatic rings. The zero-order valence-electron chi connectivity index (χ0n) is 15.1. The van der Waals surface area contributed by atoms with Gasteiger partial charge in [0.2, 0.25) is 10.0 Å². The number of benzene rings is 1. The maximum atomic E-state index is 12.7. The first-order valence-electron chi connectivity index (χ1n) is 8.87. The van der Waals surface area contributed by atoms with E-state index in [-0.39, 0.29) is 16.2 Å². The van der Waals surface area contributed by atoms with Gasteiger partial charge in [0.25, 0.3) is 5.91 Å². The maximum absolute atomic E-state index is 12.7. The van der Waals surface area contributed by atoms with Crippen LogP contribution in [0.4, 0.5) is 0 Å². The number of imidazole rings is 1. The molecule has 1 spiro atoms. The van der Waals surface area contributed by atoms with Crippen molar-refractivity contribution in [2.45, 2.75) is 17.7 Å². The number of ether oxygens (including phenoxy) is 1. The van der Waals surface area contributed by atoms with Crippen molar-refractivity contribution >= 4 is 15.9 Å². The summed E-state index contributed by atoms with van der Waals surface area (Å²) in [5.74, 6) is 0.319. The number of carbonyl (C=O) groups is 1. The average molecular weight is 390 g/mol. The number of carbonyl (C=O) groups excluding carboxylic acids is 1. The quantitative estimate of drug-likeness (QED) is 0.785. The average Bonchev–Trinajstić information content (AvgIpc) is 3.10. The lowest BCUT2D eigenvalue weighted by atomic mass is 9.79. The van der Waals surface area contributed by atoms with Gasteiger partial charge in [-0.3, -0.25) is 4.79 Å². The van der Waals surface area contributed by atoms with Gasteiger partial charge in [0.1, 0.15) is 16.3 Å². The topological polar surface area (TPSA) is 93.5 Å². The molecule has 4 rings (SSSR count). The van der Waals surface area contributed by atoms with E-state index in [4.69, 9.17) is 4.74 Å². The summed E-state index contributed by atoms with van der Waals surface area (Å²) in [5.41, 5.74) is 0.221. The molecular formula is C18H22N4O4S. The van der Waals surface area contributed by atoms with E-state index in [9.17, 15) is 13.2 Å². The maximum Gasteiger partial charge on any atom is 0.272 e. The molecule has 9 heteroatoms. The third kappa shape index (κ3) is 3.32. The number of nitrogens with zero attached hydrogens (tertiary/aromatic N) is 3. The predicted molar refractivity (Wildman–Crippen MR) is 97.9 cm³/mol. The highest BCUT2D eigenvalue weighted by molar-refractivity contribution is 7.89. The van der Waals surface area contributed by atoms with Crippen molar-refractivity contribution in [3.05, 3.63) is 42.5 Å². The van der Waals surface area contributed by atoms with E-state index in [1.165, 1.54) is 0 Å². The van der Waals surface area contributed by atoms with Gasteiger partial charge < -0.3 is 14.2 Å². The summed E-state index contributed by atoms with van der Waals surface area (Å²) >= 11 is 0. The minimum Gasteiger partial charge on any atom is -0.492 e. The monoisotopic (exact) mass is 390 g/mol. The minimum absolute atomic E-state index is 0.0532. The van der Waals surface area contributed by atoms with E-state index in [2.05, 4.69) is 9.71 Å². The van der Waals surface area contributed by atoms with Crippen LogP contribution in [-0.2, 0) is 17.1 Å². The second-order valence-electron chi connectivity index (χ2n) is 7.24. The lowest BCUT2D eigenvalue weighted by Gasteiger charge is -2.42. The Morgan fingerprint density at radius 2 is 2.00 bits per heavy atom. The fraction of sp³-hybridized carbons (Fsp3) is 0.444. The van der Waals surface area contributed by atoms with E-state index in [1.54, 1.807) is 53.3 Å². The number of sulfonamides is 1. The van der Waals surface area contributed by atoms with Crippen molar-refractivity contribution in [2.24, 2.45) is 12.5 Å². The number of para-hydroxylation sites is 1. The molecule has 1 aromatic heterocycles. The van der Waals surface area contributed by atoms with E-state index < -0.39 is 10.0 Å². The summed E-state index contributed by atoms with van der Waals surface area (Å²) in [4.78, 5) is 18.6. The van der Waals surface area contributed by atoms with Gasteiger partial charge in [0.05, 0.1) is 19.1 Å². The van der Waals surface area contributed by atoms with Gasteiger partial charge in [-0.05, 0) is 25.0 Å². The molecule has 1 saturated heterocycles. The van der Waals surface area contributed by atoms with Gasteiger partial charge in [-0.25, -0.2) is 18.1 Å². The normalized spacial score (nSPS) is 21.0.